The first-order valence-corrected chi connectivity index (χ1v) is 5.87. The molecule has 1 rings (SSSR count). The smallest absolute Gasteiger partial charge is 0.255 e. The monoisotopic (exact) mass is 292 g/mol. The maximum atomic E-state index is 11.9. The number of halogens is 2. The summed E-state index contributed by atoms with van der Waals surface area (Å²) in [6, 6.07) is 4.98. The van der Waals surface area contributed by atoms with E-state index in [0.29, 0.717) is 29.4 Å². The van der Waals surface area contributed by atoms with Crippen LogP contribution in [-0.2, 0) is 0 Å². The summed E-state index contributed by atoms with van der Waals surface area (Å²) in [6.45, 7) is 4.62. The maximum Gasteiger partial charge on any atom is 0.255 e. The zero-order chi connectivity index (χ0) is 12.8. The lowest BCUT2D eigenvalue weighted by Crippen LogP contribution is -2.29. The van der Waals surface area contributed by atoms with Gasteiger partial charge in [-0.25, -0.2) is 0 Å². The van der Waals surface area contributed by atoms with Gasteiger partial charge in [0.05, 0.1) is 11.7 Å². The minimum atomic E-state index is -0.228. The first-order chi connectivity index (χ1) is 8.04. The van der Waals surface area contributed by atoms with Crippen LogP contribution in [-0.4, -0.2) is 25.1 Å². The largest absolute Gasteiger partial charge is 0.490 e. The molecule has 1 aromatic rings. The van der Waals surface area contributed by atoms with Crippen LogP contribution in [0.1, 0.15) is 24.2 Å². The Kier molecular flexibility index (Phi) is 7.75. The van der Waals surface area contributed by atoms with Crippen molar-refractivity contribution in [1.29, 1.82) is 0 Å². The van der Waals surface area contributed by atoms with Crippen molar-refractivity contribution >= 4 is 29.9 Å². The topological polar surface area (TPSA) is 64.3 Å². The van der Waals surface area contributed by atoms with Crippen molar-refractivity contribution in [3.05, 3.63) is 28.8 Å². The van der Waals surface area contributed by atoms with Crippen LogP contribution in [0.2, 0.25) is 5.02 Å². The van der Waals surface area contributed by atoms with Crippen molar-refractivity contribution < 1.29 is 9.53 Å². The average Bonchev–Trinajstić information content (AvgIpc) is 2.27. The molecule has 3 N–H and O–H groups in total. The van der Waals surface area contributed by atoms with Crippen LogP contribution in [0, 0.1) is 0 Å². The molecule has 0 fully saturated rings. The summed E-state index contributed by atoms with van der Waals surface area (Å²) >= 11 is 5.87. The van der Waals surface area contributed by atoms with Crippen LogP contribution in [0.5, 0.6) is 5.75 Å². The Hall–Kier alpha value is -0.970. The molecule has 0 heterocycles. The van der Waals surface area contributed by atoms with Gasteiger partial charge in [-0.15, -0.1) is 12.4 Å². The molecule has 102 valence electrons. The highest BCUT2D eigenvalue weighted by molar-refractivity contribution is 6.31. The number of amides is 1. The van der Waals surface area contributed by atoms with Crippen LogP contribution < -0.4 is 15.8 Å². The Balaban J connectivity index is 0.00000289. The number of carbonyl (C=O) groups is 1. The SMILES string of the molecule is CC(C)Oc1ccc(Cl)cc1C(=O)NCCN.Cl. The van der Waals surface area contributed by atoms with Gasteiger partial charge in [-0.1, -0.05) is 11.6 Å². The second-order valence-corrected chi connectivity index (χ2v) is 4.29. The van der Waals surface area contributed by atoms with E-state index in [0.717, 1.165) is 0 Å². The highest BCUT2D eigenvalue weighted by atomic mass is 35.5. The predicted molar refractivity (Wildman–Crippen MR) is 75.9 cm³/mol. The van der Waals surface area contributed by atoms with Crippen molar-refractivity contribution in [1.82, 2.24) is 5.32 Å². The normalized spacial score (nSPS) is 9.83. The van der Waals surface area contributed by atoms with Gasteiger partial charge in [-0.2, -0.15) is 0 Å². The Bertz CT molecular complexity index is 398. The highest BCUT2D eigenvalue weighted by Crippen LogP contribution is 2.23. The van der Waals surface area contributed by atoms with E-state index in [1.54, 1.807) is 18.2 Å². The molecule has 0 atom stereocenters. The van der Waals surface area contributed by atoms with E-state index in [4.69, 9.17) is 22.1 Å². The molecule has 0 aliphatic carbocycles. The molecule has 0 aromatic heterocycles. The maximum absolute atomic E-state index is 11.9. The molecule has 0 unspecified atom stereocenters. The number of ether oxygens (including phenoxy) is 1. The minimum Gasteiger partial charge on any atom is -0.490 e. The zero-order valence-electron chi connectivity index (χ0n) is 10.4. The molecule has 1 aromatic carbocycles. The zero-order valence-corrected chi connectivity index (χ0v) is 12.0. The van der Waals surface area contributed by atoms with Gasteiger partial charge < -0.3 is 15.8 Å². The summed E-state index contributed by atoms with van der Waals surface area (Å²) in [5.41, 5.74) is 5.76. The van der Waals surface area contributed by atoms with Gasteiger partial charge in [0, 0.05) is 18.1 Å². The average molecular weight is 293 g/mol. The summed E-state index contributed by atoms with van der Waals surface area (Å²) in [5.74, 6) is 0.299. The van der Waals surface area contributed by atoms with E-state index >= 15 is 0 Å². The molecule has 0 saturated carbocycles. The van der Waals surface area contributed by atoms with E-state index in [2.05, 4.69) is 5.32 Å². The van der Waals surface area contributed by atoms with E-state index < -0.39 is 0 Å². The molecule has 4 nitrogen and oxygen atoms in total. The van der Waals surface area contributed by atoms with Crippen LogP contribution in [0.15, 0.2) is 18.2 Å². The fourth-order valence-electron chi connectivity index (χ4n) is 1.32. The van der Waals surface area contributed by atoms with E-state index in [1.165, 1.54) is 0 Å². The third kappa shape index (κ3) is 5.12. The fraction of sp³-hybridized carbons (Fsp3) is 0.417. The number of hydrogen-bond acceptors (Lipinski definition) is 3. The third-order valence-corrected chi connectivity index (χ3v) is 2.21. The lowest BCUT2D eigenvalue weighted by atomic mass is 10.2. The standard InChI is InChI=1S/C12H17ClN2O2.ClH/c1-8(2)17-11-4-3-9(13)7-10(11)12(16)15-6-5-14;/h3-4,7-8H,5-6,14H2,1-2H3,(H,15,16);1H. The quantitative estimate of drug-likeness (QED) is 0.875. The number of hydrogen-bond donors (Lipinski definition) is 2. The minimum absolute atomic E-state index is 0. The van der Waals surface area contributed by atoms with Gasteiger partial charge >= 0.3 is 0 Å². The second-order valence-electron chi connectivity index (χ2n) is 3.85. The summed E-state index contributed by atoms with van der Waals surface area (Å²) in [4.78, 5) is 11.9. The van der Waals surface area contributed by atoms with Gasteiger partial charge in [0.15, 0.2) is 0 Å². The molecular weight excluding hydrogens is 275 g/mol. The van der Waals surface area contributed by atoms with Gasteiger partial charge in [-0.05, 0) is 32.0 Å². The summed E-state index contributed by atoms with van der Waals surface area (Å²) in [6.07, 6.45) is -0.00256. The molecule has 18 heavy (non-hydrogen) atoms. The van der Waals surface area contributed by atoms with Gasteiger partial charge in [0.1, 0.15) is 5.75 Å². The van der Waals surface area contributed by atoms with Crippen LogP contribution in [0.25, 0.3) is 0 Å². The van der Waals surface area contributed by atoms with Crippen molar-refractivity contribution in [3.63, 3.8) is 0 Å². The molecule has 0 spiro atoms. The van der Waals surface area contributed by atoms with E-state index in [9.17, 15) is 4.79 Å². The Morgan fingerprint density at radius 2 is 2.17 bits per heavy atom. The molecule has 0 saturated heterocycles. The first-order valence-electron chi connectivity index (χ1n) is 5.49. The lowest BCUT2D eigenvalue weighted by molar-refractivity contribution is 0.0949. The molecule has 1 amide bonds. The third-order valence-electron chi connectivity index (χ3n) is 1.98. The Labute approximate surface area is 118 Å². The van der Waals surface area contributed by atoms with Crippen molar-refractivity contribution in [2.45, 2.75) is 20.0 Å². The second kappa shape index (κ2) is 8.19. The molecule has 0 bridgehead atoms. The molecule has 0 aliphatic heterocycles. The first kappa shape index (κ1) is 17.0. The summed E-state index contributed by atoms with van der Waals surface area (Å²) in [7, 11) is 0. The predicted octanol–water partition coefficient (Wildman–Crippen LogP) is 2.24. The molecule has 0 aliphatic rings. The molecule has 0 radical (unpaired) electrons. The Morgan fingerprint density at radius 1 is 1.50 bits per heavy atom. The van der Waals surface area contributed by atoms with Crippen molar-refractivity contribution in [2.75, 3.05) is 13.1 Å². The van der Waals surface area contributed by atoms with E-state index in [-0.39, 0.29) is 24.4 Å². The Morgan fingerprint density at radius 3 is 2.72 bits per heavy atom. The number of nitrogens with two attached hydrogens (primary N) is 1. The number of benzene rings is 1. The number of carbonyl (C=O) groups excluding carboxylic acids is 1. The number of rotatable bonds is 5. The van der Waals surface area contributed by atoms with Crippen molar-refractivity contribution in [3.8, 4) is 5.75 Å². The van der Waals surface area contributed by atoms with Gasteiger partial charge in [-0.3, -0.25) is 4.79 Å². The van der Waals surface area contributed by atoms with Gasteiger partial charge in [0.25, 0.3) is 5.91 Å². The summed E-state index contributed by atoms with van der Waals surface area (Å²) in [5, 5.41) is 3.19. The van der Waals surface area contributed by atoms with Crippen molar-refractivity contribution in [2.24, 2.45) is 5.73 Å². The summed E-state index contributed by atoms with van der Waals surface area (Å²) < 4.78 is 5.55. The van der Waals surface area contributed by atoms with Crippen LogP contribution >= 0.6 is 24.0 Å². The van der Waals surface area contributed by atoms with Gasteiger partial charge in [0.2, 0.25) is 0 Å². The number of nitrogens with one attached hydrogen (secondary N) is 1. The molecule has 6 heteroatoms. The van der Waals surface area contributed by atoms with E-state index in [1.807, 2.05) is 13.8 Å². The fourth-order valence-corrected chi connectivity index (χ4v) is 1.49. The molecular formula is C12H18Cl2N2O2. The van der Waals surface area contributed by atoms with Crippen LogP contribution in [0.4, 0.5) is 0 Å². The highest BCUT2D eigenvalue weighted by Gasteiger charge is 2.13. The lowest BCUT2D eigenvalue weighted by Gasteiger charge is -2.14. The van der Waals surface area contributed by atoms with Crippen LogP contribution in [0.3, 0.4) is 0 Å².